The van der Waals surface area contributed by atoms with Gasteiger partial charge < -0.3 is 10.1 Å². The molecule has 1 amide bonds. The van der Waals surface area contributed by atoms with Crippen molar-refractivity contribution in [1.82, 2.24) is 9.62 Å². The van der Waals surface area contributed by atoms with Gasteiger partial charge in [-0.2, -0.15) is 4.31 Å². The Morgan fingerprint density at radius 3 is 2.26 bits per heavy atom. The molecular weight excluding hydrogens is 316 g/mol. The number of ether oxygens (including phenoxy) is 1. The Kier molecular flexibility index (Phi) is 5.31. The van der Waals surface area contributed by atoms with Gasteiger partial charge in [0.15, 0.2) is 6.61 Å². The zero-order valence-corrected chi connectivity index (χ0v) is 14.6. The van der Waals surface area contributed by atoms with Crippen molar-refractivity contribution in [2.75, 3.05) is 19.7 Å². The number of amides is 1. The van der Waals surface area contributed by atoms with Gasteiger partial charge in [0.05, 0.1) is 4.90 Å². The molecule has 0 spiro atoms. The van der Waals surface area contributed by atoms with Crippen molar-refractivity contribution in [3.8, 4) is 5.75 Å². The lowest BCUT2D eigenvalue weighted by molar-refractivity contribution is -0.124. The van der Waals surface area contributed by atoms with Crippen molar-refractivity contribution in [3.05, 3.63) is 24.3 Å². The van der Waals surface area contributed by atoms with Crippen molar-refractivity contribution >= 4 is 15.9 Å². The molecule has 1 aliphatic heterocycles. The maximum atomic E-state index is 12.4. The first-order valence-corrected chi connectivity index (χ1v) is 9.16. The zero-order chi connectivity index (χ0) is 17.1. The van der Waals surface area contributed by atoms with Gasteiger partial charge >= 0.3 is 0 Å². The standard InChI is InChI=1S/C16H24N2O4S/c1-16(2,3)17-15(19)12-22-13-6-8-14(9-7-13)23(20,21)18-10-4-5-11-18/h6-9H,4-5,10-12H2,1-3H3,(H,17,19). The van der Waals surface area contributed by atoms with Gasteiger partial charge in [0, 0.05) is 18.6 Å². The summed E-state index contributed by atoms with van der Waals surface area (Å²) in [6.07, 6.45) is 1.81. The van der Waals surface area contributed by atoms with E-state index >= 15 is 0 Å². The Labute approximate surface area is 137 Å². The van der Waals surface area contributed by atoms with Gasteiger partial charge in [-0.15, -0.1) is 0 Å². The highest BCUT2D eigenvalue weighted by Crippen LogP contribution is 2.22. The third kappa shape index (κ3) is 4.94. The van der Waals surface area contributed by atoms with E-state index in [1.165, 1.54) is 16.4 Å². The minimum atomic E-state index is -3.41. The molecule has 6 nitrogen and oxygen atoms in total. The third-order valence-corrected chi connectivity index (χ3v) is 5.32. The maximum Gasteiger partial charge on any atom is 0.258 e. The van der Waals surface area contributed by atoms with E-state index in [2.05, 4.69) is 5.32 Å². The van der Waals surface area contributed by atoms with Crippen LogP contribution in [0, 0.1) is 0 Å². The van der Waals surface area contributed by atoms with Crippen LogP contribution in [0.2, 0.25) is 0 Å². The molecule has 1 aromatic rings. The van der Waals surface area contributed by atoms with Gasteiger partial charge in [0.25, 0.3) is 5.91 Å². The summed E-state index contributed by atoms with van der Waals surface area (Å²) in [5.74, 6) is 0.251. The summed E-state index contributed by atoms with van der Waals surface area (Å²) in [5, 5.41) is 2.80. The summed E-state index contributed by atoms with van der Waals surface area (Å²) in [4.78, 5) is 11.9. The Bertz CT molecular complexity index is 642. The van der Waals surface area contributed by atoms with Crippen LogP contribution in [0.1, 0.15) is 33.6 Å². The summed E-state index contributed by atoms with van der Waals surface area (Å²) < 4.78 is 31.7. The first kappa shape index (κ1) is 17.7. The monoisotopic (exact) mass is 340 g/mol. The van der Waals surface area contributed by atoms with E-state index < -0.39 is 10.0 Å². The average molecular weight is 340 g/mol. The number of rotatable bonds is 5. The topological polar surface area (TPSA) is 75.7 Å². The van der Waals surface area contributed by atoms with Gasteiger partial charge in [0.1, 0.15) is 5.75 Å². The SMILES string of the molecule is CC(C)(C)NC(=O)COc1ccc(S(=O)(=O)N2CCCC2)cc1. The molecule has 1 fully saturated rings. The number of carbonyl (C=O) groups excluding carboxylic acids is 1. The van der Waals surface area contributed by atoms with Crippen LogP contribution in [0.3, 0.4) is 0 Å². The Balaban J connectivity index is 1.96. The molecule has 0 radical (unpaired) electrons. The molecule has 0 bridgehead atoms. The zero-order valence-electron chi connectivity index (χ0n) is 13.8. The lowest BCUT2D eigenvalue weighted by Gasteiger charge is -2.20. The van der Waals surface area contributed by atoms with Crippen molar-refractivity contribution in [2.24, 2.45) is 0 Å². The molecule has 0 unspecified atom stereocenters. The molecule has 23 heavy (non-hydrogen) atoms. The summed E-state index contributed by atoms with van der Waals surface area (Å²) in [6.45, 7) is 6.73. The fraction of sp³-hybridized carbons (Fsp3) is 0.562. The summed E-state index contributed by atoms with van der Waals surface area (Å²) in [7, 11) is -3.41. The van der Waals surface area contributed by atoms with Gasteiger partial charge in [-0.3, -0.25) is 4.79 Å². The van der Waals surface area contributed by atoms with E-state index in [-0.39, 0.29) is 22.9 Å². The first-order valence-electron chi connectivity index (χ1n) is 7.72. The van der Waals surface area contributed by atoms with Crippen LogP contribution in [0.5, 0.6) is 5.75 Å². The molecule has 1 aliphatic rings. The first-order chi connectivity index (χ1) is 10.7. The van der Waals surface area contributed by atoms with Crippen LogP contribution in [0.4, 0.5) is 0 Å². The lowest BCUT2D eigenvalue weighted by Crippen LogP contribution is -2.43. The van der Waals surface area contributed by atoms with Crippen molar-refractivity contribution in [3.63, 3.8) is 0 Å². The Morgan fingerprint density at radius 1 is 1.17 bits per heavy atom. The van der Waals surface area contributed by atoms with E-state index in [1.54, 1.807) is 12.1 Å². The average Bonchev–Trinajstić information content (AvgIpc) is 2.98. The molecular formula is C16H24N2O4S. The molecule has 7 heteroatoms. The quantitative estimate of drug-likeness (QED) is 0.886. The molecule has 1 N–H and O–H groups in total. The number of nitrogens with zero attached hydrogens (tertiary/aromatic N) is 1. The highest BCUT2D eigenvalue weighted by Gasteiger charge is 2.27. The summed E-state index contributed by atoms with van der Waals surface area (Å²) in [6, 6.07) is 6.19. The van der Waals surface area contributed by atoms with E-state index in [1.807, 2.05) is 20.8 Å². The smallest absolute Gasteiger partial charge is 0.258 e. The Morgan fingerprint density at radius 2 is 1.74 bits per heavy atom. The van der Waals surface area contributed by atoms with E-state index in [0.29, 0.717) is 18.8 Å². The van der Waals surface area contributed by atoms with Crippen LogP contribution in [-0.4, -0.2) is 43.9 Å². The number of carbonyl (C=O) groups is 1. The van der Waals surface area contributed by atoms with Gasteiger partial charge in [-0.1, -0.05) is 0 Å². The second kappa shape index (κ2) is 6.88. The minimum absolute atomic E-state index is 0.102. The van der Waals surface area contributed by atoms with Crippen LogP contribution in [0.25, 0.3) is 0 Å². The van der Waals surface area contributed by atoms with Crippen LogP contribution < -0.4 is 10.1 Å². The van der Waals surface area contributed by atoms with Gasteiger partial charge in [0.2, 0.25) is 10.0 Å². The fourth-order valence-electron chi connectivity index (χ4n) is 2.39. The molecule has 1 aromatic carbocycles. The summed E-state index contributed by atoms with van der Waals surface area (Å²) in [5.41, 5.74) is -0.311. The van der Waals surface area contributed by atoms with Gasteiger partial charge in [-0.05, 0) is 57.9 Å². The maximum absolute atomic E-state index is 12.4. The number of nitrogens with one attached hydrogen (secondary N) is 1. The van der Waals surface area contributed by atoms with E-state index in [4.69, 9.17) is 4.74 Å². The van der Waals surface area contributed by atoms with E-state index in [9.17, 15) is 13.2 Å². The van der Waals surface area contributed by atoms with Crippen LogP contribution >= 0.6 is 0 Å². The van der Waals surface area contributed by atoms with Crippen LogP contribution in [0.15, 0.2) is 29.2 Å². The molecule has 0 aromatic heterocycles. The number of hydrogen-bond acceptors (Lipinski definition) is 4. The van der Waals surface area contributed by atoms with Crippen molar-refractivity contribution in [1.29, 1.82) is 0 Å². The largest absolute Gasteiger partial charge is 0.484 e. The Hall–Kier alpha value is -1.60. The number of hydrogen-bond donors (Lipinski definition) is 1. The van der Waals surface area contributed by atoms with Crippen molar-refractivity contribution < 1.29 is 17.9 Å². The van der Waals surface area contributed by atoms with E-state index in [0.717, 1.165) is 12.8 Å². The molecule has 0 atom stereocenters. The fourth-order valence-corrected chi connectivity index (χ4v) is 3.91. The van der Waals surface area contributed by atoms with Crippen LogP contribution in [-0.2, 0) is 14.8 Å². The predicted octanol–water partition coefficient (Wildman–Crippen LogP) is 1.76. The molecule has 1 heterocycles. The molecule has 0 aliphatic carbocycles. The molecule has 0 saturated carbocycles. The lowest BCUT2D eigenvalue weighted by atomic mass is 10.1. The second-order valence-corrected chi connectivity index (χ2v) is 8.61. The van der Waals surface area contributed by atoms with Crippen molar-refractivity contribution in [2.45, 2.75) is 44.0 Å². The minimum Gasteiger partial charge on any atom is -0.484 e. The predicted molar refractivity (Wildman–Crippen MR) is 87.8 cm³/mol. The third-order valence-electron chi connectivity index (χ3n) is 3.41. The molecule has 128 valence electrons. The van der Waals surface area contributed by atoms with Gasteiger partial charge in [-0.25, -0.2) is 8.42 Å². The highest BCUT2D eigenvalue weighted by molar-refractivity contribution is 7.89. The second-order valence-electron chi connectivity index (χ2n) is 6.67. The number of benzene rings is 1. The molecule has 1 saturated heterocycles. The molecule has 2 rings (SSSR count). The number of sulfonamides is 1. The highest BCUT2D eigenvalue weighted by atomic mass is 32.2. The summed E-state index contributed by atoms with van der Waals surface area (Å²) >= 11 is 0. The normalized spacial score (nSPS) is 16.3.